The molecule has 0 saturated carbocycles. The Morgan fingerprint density at radius 2 is 1.04 bits per heavy atom. The Morgan fingerprint density at radius 1 is 0.608 bits per heavy atom. The summed E-state index contributed by atoms with van der Waals surface area (Å²) in [5, 5.41) is 3.31. The number of nitrogens with one attached hydrogen (secondary N) is 1. The smallest absolute Gasteiger partial charge is 0.410 e. The third-order valence-electron chi connectivity index (χ3n) is 17.6. The summed E-state index contributed by atoms with van der Waals surface area (Å²) in [5.74, 6) is -6.80. The lowest BCUT2D eigenvalue weighted by Gasteiger charge is -2.49. The number of nitrogens with two attached hydrogens (primary N) is 1. The predicted molar refractivity (Wildman–Crippen MR) is 367 cm³/mol. The molecule has 2 saturated heterocycles. The number of amides is 2. The van der Waals surface area contributed by atoms with E-state index in [0.29, 0.717) is 33.9 Å². The van der Waals surface area contributed by atoms with Gasteiger partial charge in [-0.15, -0.1) is 11.6 Å². The van der Waals surface area contributed by atoms with E-state index >= 15 is 26.3 Å². The molecule has 7 heterocycles. The Labute approximate surface area is 563 Å². The summed E-state index contributed by atoms with van der Waals surface area (Å²) in [7, 11) is 2.56. The Kier molecular flexibility index (Phi) is 19.7. The first kappa shape index (κ1) is 70.6. The second kappa shape index (κ2) is 27.0. The van der Waals surface area contributed by atoms with Crippen LogP contribution in [0.15, 0.2) is 82.6 Å². The highest BCUT2D eigenvalue weighted by molar-refractivity contribution is 6.18. The lowest BCUT2D eigenvalue weighted by Crippen LogP contribution is -2.63. The molecule has 0 spiro atoms. The molecule has 18 nitrogen and oxygen atoms in total. The van der Waals surface area contributed by atoms with Crippen LogP contribution in [-0.2, 0) is 9.47 Å². The molecule has 3 aliphatic heterocycles. The predicted octanol–water partition coefficient (Wildman–Crippen LogP) is 14.7. The zero-order chi connectivity index (χ0) is 70.9. The van der Waals surface area contributed by atoms with Gasteiger partial charge in [0.2, 0.25) is 0 Å². The largest absolute Gasteiger partial charge is 0.496 e. The molecule has 0 radical (unpaired) electrons. The average Bonchev–Trinajstić information content (AvgIpc) is 0.744. The Morgan fingerprint density at radius 3 is 1.47 bits per heavy atom. The Hall–Kier alpha value is -9.19. The minimum atomic E-state index is -1.20. The van der Waals surface area contributed by atoms with Gasteiger partial charge in [-0.05, 0) is 141 Å². The van der Waals surface area contributed by atoms with Crippen LogP contribution in [0.1, 0.15) is 117 Å². The van der Waals surface area contributed by atoms with Gasteiger partial charge in [-0.3, -0.25) is 28.7 Å². The number of fused-ring (bicyclic) bond motifs is 6. The first-order valence-electron chi connectivity index (χ1n) is 32.0. The number of alkyl halides is 1. The molecular formula is C72H81ClF6N10O8. The molecule has 97 heavy (non-hydrogen) atoms. The molecule has 0 aliphatic carbocycles. The summed E-state index contributed by atoms with van der Waals surface area (Å²) in [6, 6.07) is 11.5. The summed E-state index contributed by atoms with van der Waals surface area (Å²) in [6.07, 6.45) is 2.20. The van der Waals surface area contributed by atoms with Crippen molar-refractivity contribution in [1.29, 1.82) is 0 Å². The van der Waals surface area contributed by atoms with Crippen LogP contribution in [0.3, 0.4) is 0 Å². The molecule has 2 fully saturated rings. The number of methoxy groups -OCH3 is 2. The molecular weight excluding hydrogens is 1280 g/mol. The summed E-state index contributed by atoms with van der Waals surface area (Å²) in [4.78, 5) is 71.4. The van der Waals surface area contributed by atoms with E-state index in [4.69, 9.17) is 36.3 Å². The van der Waals surface area contributed by atoms with Gasteiger partial charge in [0.25, 0.3) is 11.1 Å². The highest BCUT2D eigenvalue weighted by Crippen LogP contribution is 2.48. The minimum Gasteiger partial charge on any atom is -0.496 e. The third kappa shape index (κ3) is 12.9. The number of carbonyl (C=O) groups excluding carboxylic acids is 2. The molecule has 4 aromatic carbocycles. The highest BCUT2D eigenvalue weighted by atomic mass is 35.5. The maximum atomic E-state index is 17.4. The summed E-state index contributed by atoms with van der Waals surface area (Å²) in [5.41, 5.74) is 4.31. The van der Waals surface area contributed by atoms with Crippen molar-refractivity contribution in [3.8, 4) is 45.1 Å². The number of nitrogen functional groups attached to an aromatic ring is 1. The van der Waals surface area contributed by atoms with Crippen LogP contribution in [0.2, 0.25) is 0 Å². The zero-order valence-corrected chi connectivity index (χ0v) is 58.0. The molecule has 3 N–H and O–H groups in total. The van der Waals surface area contributed by atoms with Crippen LogP contribution in [0.5, 0.6) is 11.5 Å². The summed E-state index contributed by atoms with van der Waals surface area (Å²) >= 11 is 6.48. The van der Waals surface area contributed by atoms with E-state index in [1.54, 1.807) is 96.6 Å². The van der Waals surface area contributed by atoms with Gasteiger partial charge in [0.15, 0.2) is 11.6 Å². The fourth-order valence-electron chi connectivity index (χ4n) is 13.3. The molecule has 4 aromatic heterocycles. The molecule has 2 amide bonds. The van der Waals surface area contributed by atoms with Crippen LogP contribution < -0.4 is 41.4 Å². The van der Waals surface area contributed by atoms with E-state index in [1.165, 1.54) is 48.0 Å². The highest BCUT2D eigenvalue weighted by Gasteiger charge is 2.44. The van der Waals surface area contributed by atoms with Gasteiger partial charge >= 0.3 is 12.2 Å². The number of ether oxygens (including phenoxy) is 4. The van der Waals surface area contributed by atoms with Gasteiger partial charge in [0, 0.05) is 73.9 Å². The van der Waals surface area contributed by atoms with E-state index in [-0.39, 0.29) is 119 Å². The standard InChI is InChI=1S/C36H41ClF3N5O4.C36H40F3N5O4/c1-18(2)30-31(19(3)12-13-42-30)45-32-22(14-24(39)27(28(32)40)26-23(38)10-9-11-25(26)48-8)33(29(41)34(45)46)44-16-20(4)43(17-21(44)15-37)35(47)49-36(5,6)7;1-18(2)29-31(19(3)12-13-40-29)44-32-22(14-24(38)27(28(32)39)26-23(37)10-9-11-25(26)47-8)33-30(34(44)45)41-15-21-17-42(20(4)16-43(21)33)35(46)48-36(5,6)7/h9-14,18,20-21H,15-17,41H2,1-8H3;9-14,18,20-21,41H,15-17H2,1-8H3/t2*20-,21+/m11/s1. The molecule has 11 rings (SSSR count). The van der Waals surface area contributed by atoms with Crippen molar-refractivity contribution in [2.75, 3.05) is 73.7 Å². The van der Waals surface area contributed by atoms with Crippen molar-refractivity contribution in [3.05, 3.63) is 151 Å². The van der Waals surface area contributed by atoms with Crippen molar-refractivity contribution in [2.45, 2.75) is 144 Å². The lowest BCUT2D eigenvalue weighted by molar-refractivity contribution is 0.0119. The van der Waals surface area contributed by atoms with E-state index in [9.17, 15) is 19.2 Å². The third-order valence-corrected chi connectivity index (χ3v) is 18.0. The van der Waals surface area contributed by atoms with Gasteiger partial charge in [-0.2, -0.15) is 0 Å². The van der Waals surface area contributed by atoms with E-state index in [0.717, 1.165) is 28.8 Å². The number of aryl methyl sites for hydroxylation is 2. The van der Waals surface area contributed by atoms with Crippen molar-refractivity contribution in [3.63, 3.8) is 0 Å². The van der Waals surface area contributed by atoms with Gasteiger partial charge in [0.05, 0.1) is 93.7 Å². The maximum absolute atomic E-state index is 17.4. The zero-order valence-electron chi connectivity index (χ0n) is 57.2. The maximum Gasteiger partial charge on any atom is 0.410 e. The van der Waals surface area contributed by atoms with Gasteiger partial charge in [-0.1, -0.05) is 39.8 Å². The Balaban J connectivity index is 0.000000211. The van der Waals surface area contributed by atoms with Crippen molar-refractivity contribution < 1.29 is 54.9 Å². The van der Waals surface area contributed by atoms with Gasteiger partial charge in [0.1, 0.15) is 57.3 Å². The van der Waals surface area contributed by atoms with Crippen LogP contribution >= 0.6 is 11.6 Å². The molecule has 3 aliphatic rings. The monoisotopic (exact) mass is 1360 g/mol. The van der Waals surface area contributed by atoms with E-state index in [2.05, 4.69) is 15.3 Å². The van der Waals surface area contributed by atoms with Crippen LogP contribution in [0, 0.1) is 48.8 Å². The molecule has 25 heteroatoms. The van der Waals surface area contributed by atoms with Crippen LogP contribution in [0.4, 0.5) is 58.7 Å². The second-order valence-electron chi connectivity index (χ2n) is 27.4. The number of anilines is 4. The fourth-order valence-corrected chi connectivity index (χ4v) is 13.6. The summed E-state index contributed by atoms with van der Waals surface area (Å²) < 4.78 is 123. The number of pyridine rings is 4. The number of carbonyl (C=O) groups is 2. The SMILES string of the molecule is COc1cccc(F)c1-c1c(F)cc2c(N3C[C@@H](C)N(C(=O)OC(C)(C)C)C[C@@H]3CCl)c(N)c(=O)n(-c3c(C)ccnc3C(C)C)c2c1F.COc1cccc(F)c1-c1c(F)cc2c3c(c(=O)n(-c4c(C)ccnc4C(C)C)c2c1F)NC[C@H]1CN(C(=O)OC(C)(C)C)[C@H](C)CN31. The van der Waals surface area contributed by atoms with Crippen molar-refractivity contribution in [2.24, 2.45) is 0 Å². The molecule has 8 aromatic rings. The normalized spacial score (nSPS) is 17.2. The topological polar surface area (TPSA) is 192 Å². The second-order valence-corrected chi connectivity index (χ2v) is 27.7. The number of aromatic nitrogens is 4. The van der Waals surface area contributed by atoms with E-state index < -0.39 is 104 Å². The fraction of sp³-hybridized carbons (Fsp3) is 0.417. The van der Waals surface area contributed by atoms with Gasteiger partial charge in [-0.25, -0.2) is 35.9 Å². The van der Waals surface area contributed by atoms with Crippen LogP contribution in [0.25, 0.3) is 55.4 Å². The van der Waals surface area contributed by atoms with Crippen LogP contribution in [-0.4, -0.2) is 129 Å². The number of hydrogen-bond donors (Lipinski definition) is 2. The molecule has 0 bridgehead atoms. The quantitative estimate of drug-likeness (QED) is 0.0970. The number of halogens is 7. The van der Waals surface area contributed by atoms with Gasteiger partial charge < -0.3 is 49.6 Å². The average molecular weight is 1360 g/mol. The minimum absolute atomic E-state index is 0.0231. The van der Waals surface area contributed by atoms with E-state index in [1.807, 2.05) is 39.5 Å². The molecule has 0 unspecified atom stereocenters. The lowest BCUT2D eigenvalue weighted by atomic mass is 9.95. The molecule has 516 valence electrons. The molecule has 4 atom stereocenters. The number of rotatable bonds is 10. The summed E-state index contributed by atoms with van der Waals surface area (Å²) in [6.45, 7) is 26.4. The Bertz CT molecular complexity index is 4570. The van der Waals surface area contributed by atoms with Crippen molar-refractivity contribution in [1.82, 2.24) is 28.9 Å². The number of hydrogen-bond acceptors (Lipinski definition) is 14. The first-order valence-corrected chi connectivity index (χ1v) is 32.6. The van der Waals surface area contributed by atoms with Crippen molar-refractivity contribution >= 4 is 68.3 Å². The number of benzene rings is 4. The number of piperazine rings is 2. The number of nitrogens with zero attached hydrogens (tertiary/aromatic N) is 8. The first-order chi connectivity index (χ1) is 45.7.